The van der Waals surface area contributed by atoms with Crippen molar-refractivity contribution in [2.45, 2.75) is 26.2 Å². The van der Waals surface area contributed by atoms with Crippen molar-refractivity contribution in [2.75, 3.05) is 11.9 Å². The Morgan fingerprint density at radius 1 is 1.42 bits per heavy atom. The van der Waals surface area contributed by atoms with E-state index >= 15 is 0 Å². The predicted molar refractivity (Wildman–Crippen MR) is 97.2 cm³/mol. The summed E-state index contributed by atoms with van der Waals surface area (Å²) in [6, 6.07) is 8.13. The highest BCUT2D eigenvalue weighted by atomic mass is 32.1. The zero-order valence-corrected chi connectivity index (χ0v) is 15.1. The SMILES string of the molecule is C[C@H]1CCc2c(sc(NC(=O)COC(=O)c3ccccc3O)c2C#N)C1. The molecule has 0 bridgehead atoms. The molecular weight excluding hydrogens is 352 g/mol. The maximum Gasteiger partial charge on any atom is 0.342 e. The molecule has 6 nitrogen and oxygen atoms in total. The third kappa shape index (κ3) is 3.70. The molecular formula is C19H18N2O4S. The van der Waals surface area contributed by atoms with Crippen molar-refractivity contribution < 1.29 is 19.4 Å². The van der Waals surface area contributed by atoms with Gasteiger partial charge in [0.05, 0.1) is 5.56 Å². The van der Waals surface area contributed by atoms with Gasteiger partial charge in [-0.2, -0.15) is 5.26 Å². The van der Waals surface area contributed by atoms with Gasteiger partial charge < -0.3 is 15.2 Å². The summed E-state index contributed by atoms with van der Waals surface area (Å²) >= 11 is 1.42. The van der Waals surface area contributed by atoms with Crippen LogP contribution in [0.15, 0.2) is 24.3 Å². The number of amides is 1. The minimum atomic E-state index is -0.780. The highest BCUT2D eigenvalue weighted by Crippen LogP contribution is 2.39. The quantitative estimate of drug-likeness (QED) is 0.805. The minimum Gasteiger partial charge on any atom is -0.507 e. The third-order valence-corrected chi connectivity index (χ3v) is 5.50. The number of para-hydroxylation sites is 1. The van der Waals surface area contributed by atoms with Crippen LogP contribution in [-0.4, -0.2) is 23.6 Å². The Morgan fingerprint density at radius 3 is 2.92 bits per heavy atom. The van der Waals surface area contributed by atoms with Crippen LogP contribution in [0.4, 0.5) is 5.00 Å². The second-order valence-electron chi connectivity index (χ2n) is 6.31. The molecule has 1 amide bonds. The standard InChI is InChI=1S/C19H18N2O4S/c1-11-6-7-12-14(9-20)18(26-16(12)8-11)21-17(23)10-25-19(24)13-4-2-3-5-15(13)22/h2-5,11,22H,6-8,10H2,1H3,(H,21,23)/t11-/m0/s1. The molecule has 7 heteroatoms. The number of phenols is 1. The molecule has 134 valence electrons. The van der Waals surface area contributed by atoms with Gasteiger partial charge in [-0.1, -0.05) is 19.1 Å². The predicted octanol–water partition coefficient (Wildman–Crippen LogP) is 3.25. The molecule has 1 heterocycles. The zero-order valence-electron chi connectivity index (χ0n) is 14.2. The number of ether oxygens (including phenoxy) is 1. The van der Waals surface area contributed by atoms with E-state index in [1.807, 2.05) is 0 Å². The Morgan fingerprint density at radius 2 is 2.19 bits per heavy atom. The summed E-state index contributed by atoms with van der Waals surface area (Å²) in [6.07, 6.45) is 2.78. The minimum absolute atomic E-state index is 0.00131. The van der Waals surface area contributed by atoms with Crippen LogP contribution in [0.1, 0.15) is 39.7 Å². The van der Waals surface area contributed by atoms with Crippen LogP contribution in [0.2, 0.25) is 0 Å². The van der Waals surface area contributed by atoms with Crippen molar-refractivity contribution in [2.24, 2.45) is 5.92 Å². The summed E-state index contributed by atoms with van der Waals surface area (Å²) in [4.78, 5) is 25.2. The molecule has 1 atom stereocenters. The van der Waals surface area contributed by atoms with E-state index in [0.717, 1.165) is 29.7 Å². The van der Waals surface area contributed by atoms with Gasteiger partial charge >= 0.3 is 5.97 Å². The Bertz CT molecular complexity index is 897. The lowest BCUT2D eigenvalue weighted by molar-refractivity contribution is -0.119. The number of benzene rings is 1. The number of thiophene rings is 1. The number of hydrogen-bond acceptors (Lipinski definition) is 6. The summed E-state index contributed by atoms with van der Waals surface area (Å²) in [5.41, 5.74) is 1.54. The lowest BCUT2D eigenvalue weighted by Gasteiger charge is -2.17. The molecule has 1 aliphatic carbocycles. The van der Waals surface area contributed by atoms with Crippen molar-refractivity contribution in [3.8, 4) is 11.8 Å². The third-order valence-electron chi connectivity index (χ3n) is 4.33. The van der Waals surface area contributed by atoms with Crippen LogP contribution in [0.5, 0.6) is 5.75 Å². The van der Waals surface area contributed by atoms with E-state index in [2.05, 4.69) is 18.3 Å². The van der Waals surface area contributed by atoms with Crippen LogP contribution >= 0.6 is 11.3 Å². The first-order valence-corrected chi connectivity index (χ1v) is 9.10. The van der Waals surface area contributed by atoms with Gasteiger partial charge in [0.25, 0.3) is 5.91 Å². The molecule has 1 aromatic heterocycles. The maximum absolute atomic E-state index is 12.1. The lowest BCUT2D eigenvalue weighted by atomic mass is 9.89. The summed E-state index contributed by atoms with van der Waals surface area (Å²) in [7, 11) is 0. The molecule has 0 aliphatic heterocycles. The van der Waals surface area contributed by atoms with Crippen molar-refractivity contribution in [3.63, 3.8) is 0 Å². The fourth-order valence-electron chi connectivity index (χ4n) is 2.97. The number of phenolic OH excluding ortho intramolecular Hbond substituents is 1. The molecule has 0 saturated heterocycles. The smallest absolute Gasteiger partial charge is 0.342 e. The molecule has 26 heavy (non-hydrogen) atoms. The van der Waals surface area contributed by atoms with Crippen molar-refractivity contribution in [1.82, 2.24) is 0 Å². The van der Waals surface area contributed by atoms with Crippen molar-refractivity contribution >= 4 is 28.2 Å². The van der Waals surface area contributed by atoms with Gasteiger partial charge in [-0.3, -0.25) is 4.79 Å². The van der Waals surface area contributed by atoms with Gasteiger partial charge in [0.15, 0.2) is 6.61 Å². The number of nitrogens with zero attached hydrogens (tertiary/aromatic N) is 1. The number of esters is 1. The highest BCUT2D eigenvalue weighted by Gasteiger charge is 2.25. The normalized spacial score (nSPS) is 15.6. The van der Waals surface area contributed by atoms with E-state index in [4.69, 9.17) is 4.74 Å². The molecule has 1 aliphatic rings. The monoisotopic (exact) mass is 370 g/mol. The molecule has 0 unspecified atom stereocenters. The van der Waals surface area contributed by atoms with E-state index in [1.54, 1.807) is 12.1 Å². The summed E-state index contributed by atoms with van der Waals surface area (Å²) < 4.78 is 4.95. The number of aromatic hydroxyl groups is 1. The van der Waals surface area contributed by atoms with E-state index < -0.39 is 18.5 Å². The average Bonchev–Trinajstić information content (AvgIpc) is 2.95. The summed E-state index contributed by atoms with van der Waals surface area (Å²) in [5, 5.41) is 22.2. The molecule has 0 saturated carbocycles. The Kier molecular flexibility index (Phi) is 5.24. The maximum atomic E-state index is 12.1. The molecule has 3 rings (SSSR count). The van der Waals surface area contributed by atoms with Crippen LogP contribution in [-0.2, 0) is 22.4 Å². The molecule has 1 aromatic carbocycles. The Balaban J connectivity index is 1.65. The van der Waals surface area contributed by atoms with Gasteiger partial charge in [-0.15, -0.1) is 11.3 Å². The van der Waals surface area contributed by atoms with Crippen LogP contribution in [0.3, 0.4) is 0 Å². The van der Waals surface area contributed by atoms with Crippen molar-refractivity contribution in [3.05, 3.63) is 45.8 Å². The number of carbonyl (C=O) groups is 2. The van der Waals surface area contributed by atoms with E-state index in [9.17, 15) is 20.0 Å². The van der Waals surface area contributed by atoms with Crippen molar-refractivity contribution in [1.29, 1.82) is 5.26 Å². The highest BCUT2D eigenvalue weighted by molar-refractivity contribution is 7.16. The molecule has 2 aromatic rings. The summed E-state index contributed by atoms with van der Waals surface area (Å²) in [6.45, 7) is 1.68. The second-order valence-corrected chi connectivity index (χ2v) is 7.41. The first-order chi connectivity index (χ1) is 12.5. The van der Waals surface area contributed by atoms with Gasteiger partial charge in [0.2, 0.25) is 0 Å². The van der Waals surface area contributed by atoms with Gasteiger partial charge in [-0.05, 0) is 42.9 Å². The topological polar surface area (TPSA) is 99.4 Å². The van der Waals surface area contributed by atoms with Crippen LogP contribution in [0.25, 0.3) is 0 Å². The number of anilines is 1. The van der Waals surface area contributed by atoms with E-state index in [-0.39, 0.29) is 11.3 Å². The summed E-state index contributed by atoms with van der Waals surface area (Å²) in [5.74, 6) is -0.935. The number of nitrogens with one attached hydrogen (secondary N) is 1. The fraction of sp³-hybridized carbons (Fsp3) is 0.316. The lowest BCUT2D eigenvalue weighted by Crippen LogP contribution is -2.21. The number of hydrogen-bond donors (Lipinski definition) is 2. The average molecular weight is 370 g/mol. The fourth-order valence-corrected chi connectivity index (χ4v) is 4.35. The van der Waals surface area contributed by atoms with E-state index in [1.165, 1.54) is 23.5 Å². The van der Waals surface area contributed by atoms with Gasteiger partial charge in [-0.25, -0.2) is 4.79 Å². The van der Waals surface area contributed by atoms with Gasteiger partial charge in [0, 0.05) is 4.88 Å². The number of carbonyl (C=O) groups excluding carboxylic acids is 2. The molecule has 2 N–H and O–H groups in total. The number of rotatable bonds is 4. The van der Waals surface area contributed by atoms with Crippen LogP contribution in [0, 0.1) is 17.2 Å². The number of fused-ring (bicyclic) bond motifs is 1. The number of nitriles is 1. The second kappa shape index (κ2) is 7.58. The largest absolute Gasteiger partial charge is 0.507 e. The molecule has 0 spiro atoms. The zero-order chi connectivity index (χ0) is 18.7. The first-order valence-electron chi connectivity index (χ1n) is 8.29. The van der Waals surface area contributed by atoms with E-state index in [0.29, 0.717) is 16.5 Å². The Hall–Kier alpha value is -2.85. The Labute approximate surface area is 155 Å². The first kappa shape index (κ1) is 18.0. The van der Waals surface area contributed by atoms with Gasteiger partial charge in [0.1, 0.15) is 22.4 Å². The van der Waals surface area contributed by atoms with Crippen LogP contribution < -0.4 is 5.32 Å². The molecule has 0 radical (unpaired) electrons. The molecule has 0 fully saturated rings.